The third kappa shape index (κ3) is 9.06. The highest BCUT2D eigenvalue weighted by molar-refractivity contribution is 5.79. The van der Waals surface area contributed by atoms with Crippen LogP contribution in [0.5, 0.6) is 0 Å². The Labute approximate surface area is 194 Å². The molecule has 2 N–H and O–H groups in total. The van der Waals surface area contributed by atoms with Gasteiger partial charge in [0.05, 0.1) is 19.8 Å². The van der Waals surface area contributed by atoms with Crippen LogP contribution in [0.15, 0.2) is 29.3 Å². The Balaban J connectivity index is 1.34. The number of piperazine rings is 1. The quantitative estimate of drug-likeness (QED) is 0.293. The Kier molecular flexibility index (Phi) is 11.3. The lowest BCUT2D eigenvalue weighted by Crippen LogP contribution is -2.45. The van der Waals surface area contributed by atoms with Crippen LogP contribution < -0.4 is 10.6 Å². The molecule has 0 aliphatic carbocycles. The van der Waals surface area contributed by atoms with E-state index in [2.05, 4.69) is 58.5 Å². The molecule has 1 aromatic carbocycles. The maximum Gasteiger partial charge on any atom is 0.191 e. The summed E-state index contributed by atoms with van der Waals surface area (Å²) in [4.78, 5) is 9.82. The molecule has 180 valence electrons. The first kappa shape index (κ1) is 25.0. The third-order valence-corrected chi connectivity index (χ3v) is 6.24. The molecule has 2 aliphatic rings. The maximum atomic E-state index is 5.78. The zero-order valence-electron chi connectivity index (χ0n) is 20.2. The van der Waals surface area contributed by atoms with Crippen LogP contribution >= 0.6 is 0 Å². The molecule has 7 nitrogen and oxygen atoms in total. The van der Waals surface area contributed by atoms with Crippen LogP contribution in [-0.4, -0.2) is 88.0 Å². The number of ether oxygens (including phenoxy) is 2. The summed E-state index contributed by atoms with van der Waals surface area (Å²) in [6.45, 7) is 17.0. The lowest BCUT2D eigenvalue weighted by molar-refractivity contribution is 0.0888. The molecular weight excluding hydrogens is 402 g/mol. The number of benzene rings is 1. The summed E-state index contributed by atoms with van der Waals surface area (Å²) in [6, 6.07) is 8.94. The minimum atomic E-state index is 0.583. The summed E-state index contributed by atoms with van der Waals surface area (Å²) in [5, 5.41) is 6.75. The van der Waals surface area contributed by atoms with Gasteiger partial charge in [0, 0.05) is 64.9 Å². The maximum absolute atomic E-state index is 5.78. The summed E-state index contributed by atoms with van der Waals surface area (Å²) < 4.78 is 11.2. The Hall–Kier alpha value is -1.67. The number of likely N-dealkylation sites (N-methyl/N-ethyl adjacent to an activating group) is 1. The van der Waals surface area contributed by atoms with E-state index in [1.54, 1.807) is 0 Å². The molecule has 0 saturated carbocycles. The largest absolute Gasteiger partial charge is 0.381 e. The van der Waals surface area contributed by atoms with Crippen molar-refractivity contribution in [2.24, 2.45) is 10.9 Å². The van der Waals surface area contributed by atoms with Gasteiger partial charge in [-0.15, -0.1) is 0 Å². The predicted molar refractivity (Wildman–Crippen MR) is 131 cm³/mol. The Morgan fingerprint density at radius 3 is 2.50 bits per heavy atom. The van der Waals surface area contributed by atoms with Gasteiger partial charge in [0.25, 0.3) is 0 Å². The molecule has 2 fully saturated rings. The van der Waals surface area contributed by atoms with Crippen LogP contribution in [0.2, 0.25) is 0 Å². The van der Waals surface area contributed by atoms with Gasteiger partial charge in [0.2, 0.25) is 0 Å². The van der Waals surface area contributed by atoms with Gasteiger partial charge in [0.1, 0.15) is 0 Å². The summed E-state index contributed by atoms with van der Waals surface area (Å²) in [5.41, 5.74) is 2.63. The van der Waals surface area contributed by atoms with Crippen LogP contribution in [0.25, 0.3) is 0 Å². The SMILES string of the molecule is CCNC(=NCc1ccc(CN2CCN(CC)CC2)cc1)NCCCOCC1CCOC1. The van der Waals surface area contributed by atoms with Crippen LogP contribution in [-0.2, 0) is 22.6 Å². The molecule has 0 bridgehead atoms. The molecule has 0 amide bonds. The Bertz CT molecular complexity index is 653. The fourth-order valence-electron chi connectivity index (χ4n) is 4.13. The zero-order chi connectivity index (χ0) is 22.4. The van der Waals surface area contributed by atoms with Crippen LogP contribution in [0.3, 0.4) is 0 Å². The van der Waals surface area contributed by atoms with E-state index in [4.69, 9.17) is 14.5 Å². The summed E-state index contributed by atoms with van der Waals surface area (Å²) in [5.74, 6) is 1.45. The number of guanidine groups is 1. The van der Waals surface area contributed by atoms with Gasteiger partial charge in [-0.25, -0.2) is 4.99 Å². The minimum Gasteiger partial charge on any atom is -0.381 e. The highest BCUT2D eigenvalue weighted by Crippen LogP contribution is 2.12. The molecule has 1 aromatic rings. The topological polar surface area (TPSA) is 61.4 Å². The third-order valence-electron chi connectivity index (χ3n) is 6.24. The molecular formula is C25H43N5O2. The normalized spacial score (nSPS) is 20.6. The number of hydrogen-bond donors (Lipinski definition) is 2. The van der Waals surface area contributed by atoms with Crippen molar-refractivity contribution in [3.8, 4) is 0 Å². The van der Waals surface area contributed by atoms with E-state index in [0.717, 1.165) is 84.5 Å². The second kappa shape index (κ2) is 14.5. The Morgan fingerprint density at radius 1 is 1.06 bits per heavy atom. The fraction of sp³-hybridized carbons (Fsp3) is 0.720. The van der Waals surface area contributed by atoms with E-state index < -0.39 is 0 Å². The van der Waals surface area contributed by atoms with E-state index in [9.17, 15) is 0 Å². The lowest BCUT2D eigenvalue weighted by Gasteiger charge is -2.34. The highest BCUT2D eigenvalue weighted by atomic mass is 16.5. The second-order valence-electron chi connectivity index (χ2n) is 8.81. The molecule has 1 unspecified atom stereocenters. The number of nitrogens with one attached hydrogen (secondary N) is 2. The standard InChI is InChI=1S/C25H43N5O2/c1-3-26-25(27-11-5-16-31-20-24-10-17-32-21-24)28-18-22-6-8-23(9-7-22)19-30-14-12-29(4-2)13-15-30/h6-9,24H,3-5,10-21H2,1-2H3,(H2,26,27,28). The second-order valence-corrected chi connectivity index (χ2v) is 8.81. The van der Waals surface area contributed by atoms with Gasteiger partial charge in [-0.1, -0.05) is 31.2 Å². The van der Waals surface area contributed by atoms with E-state index in [-0.39, 0.29) is 0 Å². The molecule has 2 aliphatic heterocycles. The van der Waals surface area contributed by atoms with E-state index >= 15 is 0 Å². The van der Waals surface area contributed by atoms with Crippen LogP contribution in [0.1, 0.15) is 37.8 Å². The van der Waals surface area contributed by atoms with Gasteiger partial charge >= 0.3 is 0 Å². The zero-order valence-corrected chi connectivity index (χ0v) is 20.2. The fourth-order valence-corrected chi connectivity index (χ4v) is 4.13. The van der Waals surface area contributed by atoms with Crippen molar-refractivity contribution in [1.29, 1.82) is 0 Å². The molecule has 0 radical (unpaired) electrons. The summed E-state index contributed by atoms with van der Waals surface area (Å²) in [7, 11) is 0. The van der Waals surface area contributed by atoms with Gasteiger partial charge in [0.15, 0.2) is 5.96 Å². The van der Waals surface area contributed by atoms with Crippen LogP contribution in [0.4, 0.5) is 0 Å². The predicted octanol–water partition coefficient (Wildman–Crippen LogP) is 2.32. The summed E-state index contributed by atoms with van der Waals surface area (Å²) >= 11 is 0. The monoisotopic (exact) mass is 445 g/mol. The molecule has 32 heavy (non-hydrogen) atoms. The van der Waals surface area contributed by atoms with Crippen molar-refractivity contribution in [2.45, 2.75) is 39.8 Å². The van der Waals surface area contributed by atoms with Crippen molar-refractivity contribution in [2.75, 3.05) is 72.2 Å². The van der Waals surface area contributed by atoms with Crippen molar-refractivity contribution >= 4 is 5.96 Å². The van der Waals surface area contributed by atoms with Crippen LogP contribution in [0, 0.1) is 5.92 Å². The first-order chi connectivity index (χ1) is 15.8. The molecule has 3 rings (SSSR count). The van der Waals surface area contributed by atoms with E-state index in [1.165, 1.54) is 24.2 Å². The van der Waals surface area contributed by atoms with Gasteiger partial charge < -0.3 is 25.0 Å². The van der Waals surface area contributed by atoms with Gasteiger partial charge in [-0.05, 0) is 37.4 Å². The number of nitrogens with zero attached hydrogens (tertiary/aromatic N) is 3. The van der Waals surface area contributed by atoms with E-state index in [0.29, 0.717) is 12.5 Å². The minimum absolute atomic E-state index is 0.583. The van der Waals surface area contributed by atoms with Gasteiger partial charge in [-0.3, -0.25) is 4.90 Å². The number of hydrogen-bond acceptors (Lipinski definition) is 5. The first-order valence-corrected chi connectivity index (χ1v) is 12.5. The highest BCUT2D eigenvalue weighted by Gasteiger charge is 2.16. The van der Waals surface area contributed by atoms with Crippen molar-refractivity contribution < 1.29 is 9.47 Å². The Morgan fingerprint density at radius 2 is 1.81 bits per heavy atom. The van der Waals surface area contributed by atoms with Crippen molar-refractivity contribution in [3.05, 3.63) is 35.4 Å². The molecule has 2 saturated heterocycles. The van der Waals surface area contributed by atoms with Crippen molar-refractivity contribution in [1.82, 2.24) is 20.4 Å². The first-order valence-electron chi connectivity index (χ1n) is 12.5. The number of rotatable bonds is 12. The molecule has 2 heterocycles. The molecule has 1 atom stereocenters. The molecule has 7 heteroatoms. The summed E-state index contributed by atoms with van der Waals surface area (Å²) in [6.07, 6.45) is 2.10. The average Bonchev–Trinajstić information content (AvgIpc) is 3.34. The molecule has 0 spiro atoms. The smallest absolute Gasteiger partial charge is 0.191 e. The lowest BCUT2D eigenvalue weighted by atomic mass is 10.1. The van der Waals surface area contributed by atoms with Crippen molar-refractivity contribution in [3.63, 3.8) is 0 Å². The van der Waals surface area contributed by atoms with Gasteiger partial charge in [-0.2, -0.15) is 0 Å². The molecule has 0 aromatic heterocycles. The van der Waals surface area contributed by atoms with E-state index in [1.807, 2.05) is 0 Å². The number of aliphatic imine (C=N–C) groups is 1. The average molecular weight is 446 g/mol.